The molecule has 1 saturated heterocycles. The molecule has 0 bridgehead atoms. The number of carbonyl (C=O) groups excluding carboxylic acids is 1. The van der Waals surface area contributed by atoms with Gasteiger partial charge in [0, 0.05) is 13.2 Å². The van der Waals surface area contributed by atoms with Gasteiger partial charge in [-0.3, -0.25) is 0 Å². The van der Waals surface area contributed by atoms with Crippen LogP contribution in [-0.2, 0) is 14.4 Å². The number of hydroxylamine groups is 1. The Morgan fingerprint density at radius 1 is 1.40 bits per heavy atom. The van der Waals surface area contributed by atoms with Crippen molar-refractivity contribution in [3.8, 4) is 0 Å². The van der Waals surface area contributed by atoms with Gasteiger partial charge in [-0.25, -0.2) is 10.6 Å². The summed E-state index contributed by atoms with van der Waals surface area (Å²) < 4.78 is 40.4. The minimum Gasteiger partial charge on any atom is -0.381 e. The summed E-state index contributed by atoms with van der Waals surface area (Å²) in [6.45, 7) is 0.782. The van der Waals surface area contributed by atoms with Crippen LogP contribution in [0.25, 0.3) is 0 Å². The van der Waals surface area contributed by atoms with E-state index in [-0.39, 0.29) is 0 Å². The fourth-order valence-corrected chi connectivity index (χ4v) is 1.16. The molecule has 0 saturated carbocycles. The third-order valence-electron chi connectivity index (χ3n) is 1.97. The van der Waals surface area contributed by atoms with E-state index in [0.717, 1.165) is 0 Å². The van der Waals surface area contributed by atoms with Gasteiger partial charge in [-0.1, -0.05) is 5.17 Å². The molecule has 88 valence electrons. The van der Waals surface area contributed by atoms with Gasteiger partial charge in [0.05, 0.1) is 6.04 Å². The fourth-order valence-electron chi connectivity index (χ4n) is 1.16. The van der Waals surface area contributed by atoms with E-state index in [1.807, 2.05) is 0 Å². The van der Waals surface area contributed by atoms with E-state index in [1.54, 1.807) is 0 Å². The van der Waals surface area contributed by atoms with Crippen LogP contribution in [0.1, 0.15) is 12.8 Å². The first kappa shape index (κ1) is 12.2. The number of nitrogens with zero attached hydrogens (tertiary/aromatic N) is 1. The van der Waals surface area contributed by atoms with Crippen LogP contribution in [0, 0.1) is 0 Å². The molecule has 1 heterocycles. The third kappa shape index (κ3) is 3.65. The summed E-state index contributed by atoms with van der Waals surface area (Å²) in [5, 5.41) is 0.457. The van der Waals surface area contributed by atoms with Crippen LogP contribution in [0.5, 0.6) is 0 Å². The summed E-state index contributed by atoms with van der Waals surface area (Å²) in [6.07, 6.45) is -4.16. The molecule has 2 N–H and O–H groups in total. The highest BCUT2D eigenvalue weighted by Gasteiger charge is 2.43. The zero-order chi connectivity index (χ0) is 11.5. The van der Waals surface area contributed by atoms with Crippen molar-refractivity contribution in [3.63, 3.8) is 0 Å². The summed E-state index contributed by atoms with van der Waals surface area (Å²) in [7, 11) is 0. The average Bonchev–Trinajstić information content (AvgIpc) is 2.17. The Kier molecular flexibility index (Phi) is 3.89. The highest BCUT2D eigenvalue weighted by atomic mass is 19.4. The van der Waals surface area contributed by atoms with Crippen LogP contribution >= 0.6 is 0 Å². The number of alkyl halides is 3. The van der Waals surface area contributed by atoms with E-state index in [2.05, 4.69) is 4.84 Å². The summed E-state index contributed by atoms with van der Waals surface area (Å²) >= 11 is 0. The van der Waals surface area contributed by atoms with Crippen molar-refractivity contribution >= 4 is 5.97 Å². The quantitative estimate of drug-likeness (QED) is 0.546. The molecule has 15 heavy (non-hydrogen) atoms. The zero-order valence-electron chi connectivity index (χ0n) is 7.79. The molecule has 0 unspecified atom stereocenters. The van der Waals surface area contributed by atoms with Crippen molar-refractivity contribution in [1.29, 1.82) is 0 Å². The highest BCUT2D eigenvalue weighted by Crippen LogP contribution is 2.19. The van der Waals surface area contributed by atoms with Crippen LogP contribution in [0.15, 0.2) is 0 Å². The van der Waals surface area contributed by atoms with Crippen LogP contribution in [-0.4, -0.2) is 36.6 Å². The first-order valence-corrected chi connectivity index (χ1v) is 4.32. The van der Waals surface area contributed by atoms with Crippen LogP contribution in [0.3, 0.4) is 0 Å². The molecule has 0 aliphatic carbocycles. The Bertz CT molecular complexity index is 228. The maximum Gasteiger partial charge on any atom is 0.492 e. The Morgan fingerprint density at radius 3 is 2.40 bits per heavy atom. The number of halogens is 3. The second-order valence-electron chi connectivity index (χ2n) is 3.08. The first-order chi connectivity index (χ1) is 6.91. The summed E-state index contributed by atoms with van der Waals surface area (Å²) in [4.78, 5) is 14.4. The normalized spacial score (nSPS) is 19.3. The zero-order valence-corrected chi connectivity index (χ0v) is 7.79. The number of ether oxygens (including phenoxy) is 1. The van der Waals surface area contributed by atoms with Crippen LogP contribution in [0.4, 0.5) is 13.2 Å². The third-order valence-corrected chi connectivity index (χ3v) is 1.97. The number of rotatable bonds is 2. The molecular formula is C7H11F3N2O3. The van der Waals surface area contributed by atoms with E-state index in [1.165, 1.54) is 0 Å². The van der Waals surface area contributed by atoms with Gasteiger partial charge in [0.25, 0.3) is 0 Å². The van der Waals surface area contributed by atoms with E-state index < -0.39 is 18.2 Å². The van der Waals surface area contributed by atoms with E-state index in [4.69, 9.17) is 10.6 Å². The van der Waals surface area contributed by atoms with Gasteiger partial charge in [0.15, 0.2) is 0 Å². The minimum absolute atomic E-state index is 0.391. The fraction of sp³-hybridized carbons (Fsp3) is 0.857. The van der Waals surface area contributed by atoms with Gasteiger partial charge < -0.3 is 9.57 Å². The van der Waals surface area contributed by atoms with Crippen molar-refractivity contribution < 1.29 is 27.5 Å². The molecule has 8 heteroatoms. The monoisotopic (exact) mass is 228 g/mol. The number of hydrogen-bond donors (Lipinski definition) is 1. The van der Waals surface area contributed by atoms with Gasteiger partial charge >= 0.3 is 12.1 Å². The second-order valence-corrected chi connectivity index (χ2v) is 3.08. The Labute approximate surface area is 83.8 Å². The van der Waals surface area contributed by atoms with Gasteiger partial charge in [0.2, 0.25) is 0 Å². The Morgan fingerprint density at radius 2 is 1.93 bits per heavy atom. The number of hydrogen-bond acceptors (Lipinski definition) is 5. The molecule has 1 aliphatic heterocycles. The minimum atomic E-state index is -5.03. The Hall–Kier alpha value is -0.860. The van der Waals surface area contributed by atoms with Crippen molar-refractivity contribution in [2.24, 2.45) is 5.84 Å². The number of nitrogens with two attached hydrogens (primary N) is 1. The second kappa shape index (κ2) is 4.77. The molecule has 0 spiro atoms. The van der Waals surface area contributed by atoms with E-state index in [0.29, 0.717) is 31.2 Å². The van der Waals surface area contributed by atoms with E-state index >= 15 is 0 Å². The van der Waals surface area contributed by atoms with Crippen molar-refractivity contribution in [2.45, 2.75) is 25.1 Å². The standard InChI is InChI=1S/C7H11F3N2O3/c8-7(9,10)6(13)15-12(11)5-1-3-14-4-2-5/h5H,1-4,11H2. The summed E-state index contributed by atoms with van der Waals surface area (Å²) in [5.41, 5.74) is 0. The molecule has 1 fully saturated rings. The lowest BCUT2D eigenvalue weighted by atomic mass is 10.1. The van der Waals surface area contributed by atoms with Crippen molar-refractivity contribution in [1.82, 2.24) is 5.17 Å². The first-order valence-electron chi connectivity index (χ1n) is 4.32. The molecule has 0 aromatic carbocycles. The van der Waals surface area contributed by atoms with Gasteiger partial charge in [-0.15, -0.1) is 0 Å². The highest BCUT2D eigenvalue weighted by molar-refractivity contribution is 5.75. The van der Waals surface area contributed by atoms with Gasteiger partial charge in [0.1, 0.15) is 0 Å². The summed E-state index contributed by atoms with van der Waals surface area (Å²) in [5.74, 6) is 2.87. The lowest BCUT2D eigenvalue weighted by Gasteiger charge is -2.28. The number of hydrazine groups is 1. The molecule has 0 atom stereocenters. The molecule has 1 aliphatic rings. The summed E-state index contributed by atoms with van der Waals surface area (Å²) in [6, 6.07) is -0.426. The predicted molar refractivity (Wildman–Crippen MR) is 42.0 cm³/mol. The average molecular weight is 228 g/mol. The topological polar surface area (TPSA) is 64.8 Å². The molecule has 1 rings (SSSR count). The SMILES string of the molecule is NN(OC(=O)C(F)(F)F)C1CCOCC1. The lowest BCUT2D eigenvalue weighted by Crippen LogP contribution is -2.47. The molecule has 5 nitrogen and oxygen atoms in total. The van der Waals surface area contributed by atoms with E-state index in [9.17, 15) is 18.0 Å². The van der Waals surface area contributed by atoms with Crippen LogP contribution in [0.2, 0.25) is 0 Å². The maximum absolute atomic E-state index is 11.8. The number of carbonyl (C=O) groups is 1. The molecule has 0 aromatic rings. The largest absolute Gasteiger partial charge is 0.492 e. The Balaban J connectivity index is 2.40. The molecule has 0 aromatic heterocycles. The molecule has 0 amide bonds. The van der Waals surface area contributed by atoms with Crippen LogP contribution < -0.4 is 5.84 Å². The van der Waals surface area contributed by atoms with Crippen molar-refractivity contribution in [3.05, 3.63) is 0 Å². The predicted octanol–water partition coefficient (Wildman–Crippen LogP) is 0.362. The maximum atomic E-state index is 11.8. The van der Waals surface area contributed by atoms with Gasteiger partial charge in [-0.05, 0) is 12.8 Å². The van der Waals surface area contributed by atoms with Crippen molar-refractivity contribution in [2.75, 3.05) is 13.2 Å². The lowest BCUT2D eigenvalue weighted by molar-refractivity contribution is -0.251. The van der Waals surface area contributed by atoms with Gasteiger partial charge in [-0.2, -0.15) is 13.2 Å². The smallest absolute Gasteiger partial charge is 0.381 e. The molecular weight excluding hydrogens is 217 g/mol. The molecule has 0 radical (unpaired) electrons.